The van der Waals surface area contributed by atoms with Crippen molar-refractivity contribution in [3.05, 3.63) is 27.7 Å². The van der Waals surface area contributed by atoms with Crippen LogP contribution in [0.2, 0.25) is 10.0 Å². The summed E-state index contributed by atoms with van der Waals surface area (Å²) in [6, 6.07) is 2.40. The van der Waals surface area contributed by atoms with Crippen LogP contribution >= 0.6 is 23.2 Å². The zero-order chi connectivity index (χ0) is 21.8. The minimum Gasteiger partial charge on any atom is -0.506 e. The number of hydrogen-bond acceptors (Lipinski definition) is 4. The second-order valence-electron chi connectivity index (χ2n) is 9.07. The first-order chi connectivity index (χ1) is 13.4. The van der Waals surface area contributed by atoms with Gasteiger partial charge in [-0.15, -0.1) is 0 Å². The molecule has 0 heterocycles. The zero-order valence-corrected chi connectivity index (χ0v) is 19.9. The van der Waals surface area contributed by atoms with Gasteiger partial charge < -0.3 is 5.11 Å². The molecule has 1 aliphatic rings. The highest BCUT2D eigenvalue weighted by Crippen LogP contribution is 2.31. The predicted octanol–water partition coefficient (Wildman–Crippen LogP) is 5.42. The van der Waals surface area contributed by atoms with E-state index in [2.05, 4.69) is 9.71 Å². The molecule has 0 spiro atoms. The average Bonchev–Trinajstić information content (AvgIpc) is 2.61. The lowest BCUT2D eigenvalue weighted by molar-refractivity contribution is 0.301. The van der Waals surface area contributed by atoms with Gasteiger partial charge in [0.05, 0.1) is 16.8 Å². The van der Waals surface area contributed by atoms with Crippen LogP contribution in [0.15, 0.2) is 17.1 Å². The Hall–Kier alpha value is -0.820. The van der Waals surface area contributed by atoms with Crippen molar-refractivity contribution in [1.82, 2.24) is 4.72 Å². The van der Waals surface area contributed by atoms with Crippen molar-refractivity contribution in [2.75, 3.05) is 5.75 Å². The van der Waals surface area contributed by atoms with E-state index in [-0.39, 0.29) is 22.6 Å². The van der Waals surface area contributed by atoms with Gasteiger partial charge in [0.1, 0.15) is 5.75 Å². The largest absolute Gasteiger partial charge is 0.506 e. The number of aromatic hydroxyl groups is 1. The Morgan fingerprint density at radius 3 is 2.45 bits per heavy atom. The van der Waals surface area contributed by atoms with E-state index in [4.69, 9.17) is 23.2 Å². The number of benzene rings is 1. The lowest BCUT2D eigenvalue weighted by Crippen LogP contribution is -2.44. The highest BCUT2D eigenvalue weighted by atomic mass is 35.5. The Bertz CT molecular complexity index is 829. The van der Waals surface area contributed by atoms with Crippen LogP contribution in [0.1, 0.15) is 65.4 Å². The maximum Gasteiger partial charge on any atom is 0.213 e. The van der Waals surface area contributed by atoms with Gasteiger partial charge in [-0.1, -0.05) is 63.2 Å². The minimum atomic E-state index is -3.52. The van der Waals surface area contributed by atoms with Gasteiger partial charge in [0, 0.05) is 22.8 Å². The molecule has 1 aromatic rings. The molecule has 5 nitrogen and oxygen atoms in total. The predicted molar refractivity (Wildman–Crippen MR) is 122 cm³/mol. The third kappa shape index (κ3) is 7.42. The fourth-order valence-electron chi connectivity index (χ4n) is 3.64. The molecule has 0 bridgehead atoms. The van der Waals surface area contributed by atoms with Crippen LogP contribution in [-0.2, 0) is 10.0 Å². The normalized spacial score (nSPS) is 18.8. The Labute approximate surface area is 185 Å². The van der Waals surface area contributed by atoms with E-state index in [1.807, 2.05) is 27.7 Å². The number of nitrogens with zero attached hydrogens (tertiary/aromatic N) is 1. The molecule has 2 rings (SSSR count). The van der Waals surface area contributed by atoms with Crippen molar-refractivity contribution >= 4 is 39.4 Å². The first kappa shape index (κ1) is 24.4. The number of phenols is 1. The summed E-state index contributed by atoms with van der Waals surface area (Å²) in [5, 5.41) is 10.6. The Kier molecular flexibility index (Phi) is 8.42. The van der Waals surface area contributed by atoms with Crippen molar-refractivity contribution in [2.24, 2.45) is 16.3 Å². The fraction of sp³-hybridized carbons (Fsp3) is 0.667. The van der Waals surface area contributed by atoms with Gasteiger partial charge in [0.2, 0.25) is 10.0 Å². The van der Waals surface area contributed by atoms with Crippen molar-refractivity contribution in [1.29, 1.82) is 0 Å². The zero-order valence-electron chi connectivity index (χ0n) is 17.6. The second kappa shape index (κ2) is 9.99. The Balaban J connectivity index is 2.16. The van der Waals surface area contributed by atoms with Crippen LogP contribution in [0.5, 0.6) is 5.75 Å². The molecule has 2 atom stereocenters. The quantitative estimate of drug-likeness (QED) is 0.530. The van der Waals surface area contributed by atoms with Crippen molar-refractivity contribution in [3.63, 3.8) is 0 Å². The van der Waals surface area contributed by atoms with Crippen LogP contribution in [0.25, 0.3) is 0 Å². The van der Waals surface area contributed by atoms with Crippen molar-refractivity contribution < 1.29 is 13.5 Å². The molecule has 8 heteroatoms. The van der Waals surface area contributed by atoms with E-state index in [0.717, 1.165) is 25.7 Å². The summed E-state index contributed by atoms with van der Waals surface area (Å²) in [7, 11) is -3.52. The van der Waals surface area contributed by atoms with E-state index in [1.54, 1.807) is 6.07 Å². The van der Waals surface area contributed by atoms with E-state index in [0.29, 0.717) is 16.5 Å². The molecule has 1 aromatic carbocycles. The number of aliphatic imine (C=N–C) groups is 1. The SMILES string of the molecule is C[C@H](NS(=O)(=O)C[C@@H](N=Cc1cc(Cl)cc(Cl)c1O)C(C)(C)C)C1CCCCC1. The topological polar surface area (TPSA) is 78.8 Å². The van der Waals surface area contributed by atoms with Gasteiger partial charge in [-0.05, 0) is 43.2 Å². The monoisotopic (exact) mass is 462 g/mol. The van der Waals surface area contributed by atoms with Crippen LogP contribution in [0.4, 0.5) is 0 Å². The Morgan fingerprint density at radius 2 is 1.86 bits per heavy atom. The number of rotatable bonds is 7. The van der Waals surface area contributed by atoms with Gasteiger partial charge in [-0.2, -0.15) is 0 Å². The van der Waals surface area contributed by atoms with Gasteiger partial charge in [0.15, 0.2) is 0 Å². The van der Waals surface area contributed by atoms with Crippen LogP contribution in [0.3, 0.4) is 0 Å². The van der Waals surface area contributed by atoms with E-state index < -0.39 is 21.5 Å². The molecular weight excluding hydrogens is 431 g/mol. The fourth-order valence-corrected chi connectivity index (χ4v) is 6.01. The van der Waals surface area contributed by atoms with Crippen LogP contribution < -0.4 is 4.72 Å². The van der Waals surface area contributed by atoms with E-state index in [1.165, 1.54) is 18.7 Å². The standard InChI is InChI=1S/C21H32Cl2N2O3S/c1-14(15-8-6-5-7-9-15)25-29(27,28)13-19(21(2,3)4)24-12-16-10-17(22)11-18(23)20(16)26/h10-12,14-15,19,25-26H,5-9,13H2,1-4H3/t14-,19+/m0/s1. The smallest absolute Gasteiger partial charge is 0.213 e. The first-order valence-electron chi connectivity index (χ1n) is 10.1. The summed E-state index contributed by atoms with van der Waals surface area (Å²) in [5.41, 5.74) is -0.0326. The molecular formula is C21H32Cl2N2O3S. The molecule has 0 aliphatic heterocycles. The first-order valence-corrected chi connectivity index (χ1v) is 12.5. The van der Waals surface area contributed by atoms with E-state index in [9.17, 15) is 13.5 Å². The van der Waals surface area contributed by atoms with Gasteiger partial charge in [-0.25, -0.2) is 13.1 Å². The number of halogens is 2. The van der Waals surface area contributed by atoms with Crippen molar-refractivity contribution in [3.8, 4) is 5.75 Å². The summed E-state index contributed by atoms with van der Waals surface area (Å²) in [5.74, 6) is 0.138. The molecule has 1 saturated carbocycles. The molecule has 0 unspecified atom stereocenters. The van der Waals surface area contributed by atoms with Crippen LogP contribution in [0, 0.1) is 11.3 Å². The summed E-state index contributed by atoms with van der Waals surface area (Å²) >= 11 is 12.0. The lowest BCUT2D eigenvalue weighted by Gasteiger charge is -2.30. The molecule has 0 saturated heterocycles. The molecule has 164 valence electrons. The lowest BCUT2D eigenvalue weighted by atomic mass is 9.85. The molecule has 1 aliphatic carbocycles. The molecule has 2 N–H and O–H groups in total. The average molecular weight is 463 g/mol. The van der Waals surface area contributed by atoms with Crippen LogP contribution in [-0.4, -0.2) is 37.6 Å². The molecule has 0 radical (unpaired) electrons. The van der Waals surface area contributed by atoms with Gasteiger partial charge in [0.25, 0.3) is 0 Å². The van der Waals surface area contributed by atoms with Gasteiger partial charge in [-0.3, -0.25) is 4.99 Å². The molecule has 1 fully saturated rings. The molecule has 0 aromatic heterocycles. The van der Waals surface area contributed by atoms with Crippen molar-refractivity contribution in [2.45, 2.75) is 71.9 Å². The summed E-state index contributed by atoms with van der Waals surface area (Å²) in [6.45, 7) is 7.79. The second-order valence-corrected chi connectivity index (χ2v) is 11.7. The maximum absolute atomic E-state index is 12.9. The number of hydrogen-bond donors (Lipinski definition) is 2. The highest BCUT2D eigenvalue weighted by molar-refractivity contribution is 7.89. The van der Waals surface area contributed by atoms with E-state index >= 15 is 0 Å². The third-order valence-corrected chi connectivity index (χ3v) is 7.54. The highest BCUT2D eigenvalue weighted by Gasteiger charge is 2.31. The maximum atomic E-state index is 12.9. The third-order valence-electron chi connectivity index (χ3n) is 5.55. The number of sulfonamides is 1. The minimum absolute atomic E-state index is 0.0827. The molecule has 0 amide bonds. The summed E-state index contributed by atoms with van der Waals surface area (Å²) < 4.78 is 28.6. The number of phenolic OH excluding ortho intramolecular Hbond substituents is 1. The molecule has 29 heavy (non-hydrogen) atoms. The summed E-state index contributed by atoms with van der Waals surface area (Å²) in [6.07, 6.45) is 7.15. The Morgan fingerprint density at radius 1 is 1.24 bits per heavy atom. The summed E-state index contributed by atoms with van der Waals surface area (Å²) in [4.78, 5) is 4.49. The van der Waals surface area contributed by atoms with Gasteiger partial charge >= 0.3 is 0 Å². The number of nitrogens with one attached hydrogen (secondary N) is 1.